The van der Waals surface area contributed by atoms with Crippen LogP contribution in [0.1, 0.15) is 46.0 Å². The van der Waals surface area contributed by atoms with Crippen LogP contribution in [-0.4, -0.2) is 23.5 Å². The predicted molar refractivity (Wildman–Crippen MR) is 68.0 cm³/mol. The van der Waals surface area contributed by atoms with E-state index in [0.717, 1.165) is 12.3 Å². The lowest BCUT2D eigenvalue weighted by molar-refractivity contribution is -0.140. The molecule has 0 spiro atoms. The molecule has 2 atom stereocenters. The number of hydrogen-bond acceptors (Lipinski definition) is 2. The molecule has 2 aliphatic carbocycles. The Morgan fingerprint density at radius 2 is 1.83 bits per heavy atom. The molecule has 4 nitrogen and oxygen atoms in total. The maximum Gasteiger partial charge on any atom is 0.307 e. The average molecular weight is 253 g/mol. The van der Waals surface area contributed by atoms with Gasteiger partial charge in [-0.2, -0.15) is 0 Å². The lowest BCUT2D eigenvalue weighted by Crippen LogP contribution is -2.29. The van der Waals surface area contributed by atoms with Crippen molar-refractivity contribution in [2.45, 2.75) is 46.0 Å². The van der Waals surface area contributed by atoms with Crippen molar-refractivity contribution in [3.8, 4) is 0 Å². The zero-order valence-corrected chi connectivity index (χ0v) is 11.2. The Bertz CT molecular complexity index is 345. The first-order chi connectivity index (χ1) is 8.44. The van der Waals surface area contributed by atoms with Crippen molar-refractivity contribution in [2.75, 3.05) is 6.54 Å². The SMILES string of the molecule is CC1(C)[C@H](C(=O)O)[C@@H]1C(=O)NCCC1CCCC1. The summed E-state index contributed by atoms with van der Waals surface area (Å²) in [4.78, 5) is 22.9. The van der Waals surface area contributed by atoms with Crippen molar-refractivity contribution in [1.29, 1.82) is 0 Å². The summed E-state index contributed by atoms with van der Waals surface area (Å²) < 4.78 is 0. The third kappa shape index (κ3) is 2.52. The molecule has 0 saturated heterocycles. The van der Waals surface area contributed by atoms with Gasteiger partial charge in [-0.3, -0.25) is 9.59 Å². The van der Waals surface area contributed by atoms with Gasteiger partial charge in [-0.1, -0.05) is 39.5 Å². The lowest BCUT2D eigenvalue weighted by atomic mass is 10.0. The normalized spacial score (nSPS) is 30.1. The van der Waals surface area contributed by atoms with Crippen LogP contribution in [0.4, 0.5) is 0 Å². The molecular formula is C14H23NO3. The molecule has 1 amide bonds. The Morgan fingerprint density at radius 3 is 2.33 bits per heavy atom. The average Bonchev–Trinajstić information content (AvgIpc) is 2.65. The number of hydrogen-bond donors (Lipinski definition) is 2. The third-order valence-electron chi connectivity index (χ3n) is 4.70. The highest BCUT2D eigenvalue weighted by Gasteiger charge is 2.65. The number of rotatable bonds is 5. The van der Waals surface area contributed by atoms with Crippen LogP contribution >= 0.6 is 0 Å². The smallest absolute Gasteiger partial charge is 0.307 e. The van der Waals surface area contributed by atoms with Gasteiger partial charge in [-0.25, -0.2) is 0 Å². The van der Waals surface area contributed by atoms with E-state index in [2.05, 4.69) is 5.32 Å². The highest BCUT2D eigenvalue weighted by molar-refractivity contribution is 5.91. The maximum absolute atomic E-state index is 11.9. The Balaban J connectivity index is 1.74. The fourth-order valence-corrected chi connectivity index (χ4v) is 3.40. The molecule has 0 heterocycles. The predicted octanol–water partition coefficient (Wildman–Crippen LogP) is 2.04. The molecule has 0 bridgehead atoms. The van der Waals surface area contributed by atoms with Gasteiger partial charge in [-0.05, 0) is 17.8 Å². The molecule has 2 N–H and O–H groups in total. The van der Waals surface area contributed by atoms with Crippen molar-refractivity contribution in [1.82, 2.24) is 5.32 Å². The molecule has 0 aromatic rings. The van der Waals surface area contributed by atoms with Gasteiger partial charge in [0.25, 0.3) is 0 Å². The largest absolute Gasteiger partial charge is 0.481 e. The first-order valence-electron chi connectivity index (χ1n) is 6.95. The second-order valence-electron chi connectivity index (χ2n) is 6.35. The Morgan fingerprint density at radius 1 is 1.22 bits per heavy atom. The molecule has 2 fully saturated rings. The van der Waals surface area contributed by atoms with Crippen LogP contribution in [0.5, 0.6) is 0 Å². The summed E-state index contributed by atoms with van der Waals surface area (Å²) in [5.74, 6) is -1.03. The van der Waals surface area contributed by atoms with Crippen molar-refractivity contribution in [3.63, 3.8) is 0 Å². The fraction of sp³-hybridized carbons (Fsp3) is 0.857. The van der Waals surface area contributed by atoms with Crippen molar-refractivity contribution in [2.24, 2.45) is 23.2 Å². The third-order valence-corrected chi connectivity index (χ3v) is 4.70. The number of aliphatic carboxylic acids is 1. The second-order valence-corrected chi connectivity index (χ2v) is 6.35. The minimum absolute atomic E-state index is 0.0783. The monoisotopic (exact) mass is 253 g/mol. The molecule has 2 aliphatic rings. The van der Waals surface area contributed by atoms with Gasteiger partial charge in [0.15, 0.2) is 0 Å². The highest BCUT2D eigenvalue weighted by atomic mass is 16.4. The summed E-state index contributed by atoms with van der Waals surface area (Å²) >= 11 is 0. The van der Waals surface area contributed by atoms with Crippen LogP contribution in [0.25, 0.3) is 0 Å². The summed E-state index contributed by atoms with van der Waals surface area (Å²) in [7, 11) is 0. The van der Waals surface area contributed by atoms with E-state index in [9.17, 15) is 9.59 Å². The first-order valence-corrected chi connectivity index (χ1v) is 6.95. The van der Waals surface area contributed by atoms with Gasteiger partial charge >= 0.3 is 5.97 Å². The van der Waals surface area contributed by atoms with Crippen LogP contribution < -0.4 is 5.32 Å². The number of nitrogens with one attached hydrogen (secondary N) is 1. The van der Waals surface area contributed by atoms with Gasteiger partial charge in [0.2, 0.25) is 5.91 Å². The first kappa shape index (κ1) is 13.4. The van der Waals surface area contributed by atoms with Gasteiger partial charge in [0.05, 0.1) is 11.8 Å². The minimum Gasteiger partial charge on any atom is -0.481 e. The Hall–Kier alpha value is -1.06. The van der Waals surface area contributed by atoms with Crippen LogP contribution in [0, 0.1) is 23.2 Å². The fourth-order valence-electron chi connectivity index (χ4n) is 3.40. The van der Waals surface area contributed by atoms with Crippen molar-refractivity contribution < 1.29 is 14.7 Å². The summed E-state index contributed by atoms with van der Waals surface area (Å²) in [6.07, 6.45) is 6.23. The van der Waals surface area contributed by atoms with Crippen molar-refractivity contribution in [3.05, 3.63) is 0 Å². The zero-order chi connectivity index (χ0) is 13.3. The van der Waals surface area contributed by atoms with E-state index in [1.165, 1.54) is 25.7 Å². The van der Waals surface area contributed by atoms with Crippen LogP contribution in [0.2, 0.25) is 0 Å². The van der Waals surface area contributed by atoms with Crippen LogP contribution in [-0.2, 0) is 9.59 Å². The van der Waals surface area contributed by atoms with Crippen LogP contribution in [0.3, 0.4) is 0 Å². The minimum atomic E-state index is -0.851. The Labute approximate surface area is 108 Å². The number of amides is 1. The molecule has 102 valence electrons. The molecular weight excluding hydrogens is 230 g/mol. The zero-order valence-electron chi connectivity index (χ0n) is 11.2. The molecule has 0 aromatic heterocycles. The van der Waals surface area contributed by atoms with E-state index in [1.54, 1.807) is 0 Å². The van der Waals surface area contributed by atoms with E-state index in [-0.39, 0.29) is 17.2 Å². The molecule has 0 unspecified atom stereocenters. The van der Waals surface area contributed by atoms with Gasteiger partial charge < -0.3 is 10.4 Å². The number of carboxylic acids is 1. The van der Waals surface area contributed by atoms with Crippen LogP contribution in [0.15, 0.2) is 0 Å². The van der Waals surface area contributed by atoms with Gasteiger partial charge in [0, 0.05) is 6.54 Å². The quantitative estimate of drug-likeness (QED) is 0.788. The number of carboxylic acid groups (broad SMARTS) is 1. The lowest BCUT2D eigenvalue weighted by Gasteiger charge is -2.10. The second kappa shape index (κ2) is 4.90. The Kier molecular flexibility index (Phi) is 3.64. The molecule has 4 heteroatoms. The van der Waals surface area contributed by atoms with Crippen molar-refractivity contribution >= 4 is 11.9 Å². The van der Waals surface area contributed by atoms with E-state index >= 15 is 0 Å². The number of carbonyl (C=O) groups excluding carboxylic acids is 1. The standard InChI is InChI=1S/C14H23NO3/c1-14(2)10(11(14)13(17)18)12(16)15-8-7-9-5-3-4-6-9/h9-11H,3-8H2,1-2H3,(H,15,16)(H,17,18)/t10-,11+/m1/s1. The van der Waals surface area contributed by atoms with E-state index in [0.29, 0.717) is 6.54 Å². The molecule has 0 radical (unpaired) electrons. The van der Waals surface area contributed by atoms with E-state index in [1.807, 2.05) is 13.8 Å². The molecule has 2 saturated carbocycles. The summed E-state index contributed by atoms with van der Waals surface area (Å²) in [5, 5.41) is 11.9. The molecule has 0 aliphatic heterocycles. The van der Waals surface area contributed by atoms with Gasteiger partial charge in [0.1, 0.15) is 0 Å². The van der Waals surface area contributed by atoms with E-state index in [4.69, 9.17) is 5.11 Å². The molecule has 18 heavy (non-hydrogen) atoms. The summed E-state index contributed by atoms with van der Waals surface area (Å²) in [5.41, 5.74) is -0.386. The molecule has 0 aromatic carbocycles. The topological polar surface area (TPSA) is 66.4 Å². The number of carbonyl (C=O) groups is 2. The maximum atomic E-state index is 11.9. The highest BCUT2D eigenvalue weighted by Crippen LogP contribution is 2.58. The van der Waals surface area contributed by atoms with E-state index < -0.39 is 11.9 Å². The molecule has 2 rings (SSSR count). The summed E-state index contributed by atoms with van der Waals surface area (Å²) in [6, 6.07) is 0. The summed E-state index contributed by atoms with van der Waals surface area (Å²) in [6.45, 7) is 4.41. The van der Waals surface area contributed by atoms with Gasteiger partial charge in [-0.15, -0.1) is 0 Å².